The van der Waals surface area contributed by atoms with Crippen molar-refractivity contribution < 1.29 is 9.90 Å². The van der Waals surface area contributed by atoms with E-state index < -0.39 is 0 Å². The first-order valence-electron chi connectivity index (χ1n) is 7.62. The molecule has 0 saturated carbocycles. The summed E-state index contributed by atoms with van der Waals surface area (Å²) in [5.41, 5.74) is 3.57. The number of aromatic nitrogens is 1. The summed E-state index contributed by atoms with van der Waals surface area (Å²) in [6.45, 7) is 3.77. The third-order valence-electron chi connectivity index (χ3n) is 4.43. The van der Waals surface area contributed by atoms with E-state index in [2.05, 4.69) is 30.1 Å². The van der Waals surface area contributed by atoms with Crippen LogP contribution in [0.4, 0.5) is 0 Å². The van der Waals surface area contributed by atoms with E-state index in [0.29, 0.717) is 13.0 Å². The summed E-state index contributed by atoms with van der Waals surface area (Å²) < 4.78 is 0. The fourth-order valence-electron chi connectivity index (χ4n) is 3.11. The number of hydrogen-bond acceptors (Lipinski definition) is 2. The second kappa shape index (κ2) is 5.90. The lowest BCUT2D eigenvalue weighted by atomic mass is 10.1. The molecular formula is C17H22N2O2. The van der Waals surface area contributed by atoms with Crippen molar-refractivity contribution in [2.45, 2.75) is 26.2 Å². The van der Waals surface area contributed by atoms with Crippen LogP contribution >= 0.6 is 0 Å². The maximum absolute atomic E-state index is 12.2. The summed E-state index contributed by atoms with van der Waals surface area (Å²) in [5.74, 6) is 0.470. The molecule has 1 amide bonds. The molecule has 2 heterocycles. The Morgan fingerprint density at radius 1 is 1.48 bits per heavy atom. The molecule has 1 aliphatic heterocycles. The molecule has 2 N–H and O–H groups in total. The van der Waals surface area contributed by atoms with Gasteiger partial charge in [0, 0.05) is 49.1 Å². The zero-order chi connectivity index (χ0) is 14.8. The fourth-order valence-corrected chi connectivity index (χ4v) is 3.11. The van der Waals surface area contributed by atoms with Crippen LogP contribution in [-0.4, -0.2) is 40.6 Å². The Labute approximate surface area is 124 Å². The van der Waals surface area contributed by atoms with Gasteiger partial charge in [-0.15, -0.1) is 0 Å². The van der Waals surface area contributed by atoms with Gasteiger partial charge in [-0.3, -0.25) is 4.79 Å². The summed E-state index contributed by atoms with van der Waals surface area (Å²) in [4.78, 5) is 17.4. The molecule has 1 aliphatic rings. The van der Waals surface area contributed by atoms with Crippen LogP contribution in [0.3, 0.4) is 0 Å². The number of hydrogen-bond donors (Lipinski definition) is 2. The van der Waals surface area contributed by atoms with Crippen LogP contribution in [0.15, 0.2) is 24.4 Å². The van der Waals surface area contributed by atoms with Gasteiger partial charge in [0.25, 0.3) is 0 Å². The van der Waals surface area contributed by atoms with Crippen molar-refractivity contribution in [1.29, 1.82) is 0 Å². The molecular weight excluding hydrogens is 264 g/mol. The van der Waals surface area contributed by atoms with Crippen molar-refractivity contribution in [2.75, 3.05) is 19.7 Å². The van der Waals surface area contributed by atoms with Crippen LogP contribution in [0.2, 0.25) is 0 Å². The third-order valence-corrected chi connectivity index (χ3v) is 4.43. The third kappa shape index (κ3) is 2.95. The Morgan fingerprint density at radius 3 is 3.10 bits per heavy atom. The number of carbonyl (C=O) groups is 1. The maximum Gasteiger partial charge on any atom is 0.222 e. The average Bonchev–Trinajstić information content (AvgIpc) is 3.11. The van der Waals surface area contributed by atoms with Crippen LogP contribution in [0.1, 0.15) is 24.0 Å². The number of aromatic amines is 1. The van der Waals surface area contributed by atoms with E-state index in [-0.39, 0.29) is 18.4 Å². The Morgan fingerprint density at radius 2 is 2.33 bits per heavy atom. The Balaban J connectivity index is 1.64. The predicted octanol–water partition coefficient (Wildman–Crippen LogP) is 2.25. The summed E-state index contributed by atoms with van der Waals surface area (Å²) in [5, 5.41) is 10.4. The molecule has 2 aromatic rings. The number of H-pyrrole nitrogens is 1. The number of aryl methyl sites for hydroxylation is 2. The molecule has 1 saturated heterocycles. The number of likely N-dealkylation sites (tertiary alicyclic amines) is 1. The van der Waals surface area contributed by atoms with E-state index >= 15 is 0 Å². The van der Waals surface area contributed by atoms with Crippen LogP contribution in [0.5, 0.6) is 0 Å². The number of carbonyl (C=O) groups excluding carboxylic acids is 1. The lowest BCUT2D eigenvalue weighted by Gasteiger charge is -2.15. The van der Waals surface area contributed by atoms with Crippen LogP contribution < -0.4 is 0 Å². The molecule has 0 spiro atoms. The minimum absolute atomic E-state index is 0.186. The van der Waals surface area contributed by atoms with Gasteiger partial charge in [-0.05, 0) is 37.5 Å². The highest BCUT2D eigenvalue weighted by Crippen LogP contribution is 2.22. The first-order valence-corrected chi connectivity index (χ1v) is 7.62. The van der Waals surface area contributed by atoms with Gasteiger partial charge in [-0.1, -0.05) is 11.6 Å². The molecule has 112 valence electrons. The smallest absolute Gasteiger partial charge is 0.222 e. The van der Waals surface area contributed by atoms with Gasteiger partial charge in [0.15, 0.2) is 0 Å². The maximum atomic E-state index is 12.2. The standard InChI is InChI=1S/C17H22N2O2/c1-12-2-4-16-15(8-12)14(9-18-16)3-5-17(21)19-7-6-13(10-19)11-20/h2,4,8-9,13,18,20H,3,5-7,10-11H2,1H3. The molecule has 1 atom stereocenters. The summed E-state index contributed by atoms with van der Waals surface area (Å²) in [7, 11) is 0. The Bertz CT molecular complexity index is 647. The average molecular weight is 286 g/mol. The van der Waals surface area contributed by atoms with Crippen molar-refractivity contribution in [3.8, 4) is 0 Å². The minimum Gasteiger partial charge on any atom is -0.396 e. The number of amides is 1. The number of rotatable bonds is 4. The Kier molecular flexibility index (Phi) is 3.97. The molecule has 0 radical (unpaired) electrons. The SMILES string of the molecule is Cc1ccc2[nH]cc(CCC(=O)N3CCC(CO)C3)c2c1. The zero-order valence-corrected chi connectivity index (χ0v) is 12.4. The van der Waals surface area contributed by atoms with Crippen LogP contribution in [0.25, 0.3) is 10.9 Å². The van der Waals surface area contributed by atoms with Gasteiger partial charge >= 0.3 is 0 Å². The van der Waals surface area contributed by atoms with Gasteiger partial charge in [-0.2, -0.15) is 0 Å². The molecule has 0 bridgehead atoms. The highest BCUT2D eigenvalue weighted by molar-refractivity contribution is 5.85. The lowest BCUT2D eigenvalue weighted by Crippen LogP contribution is -2.29. The van der Waals surface area contributed by atoms with Gasteiger partial charge < -0.3 is 15.0 Å². The van der Waals surface area contributed by atoms with Gasteiger partial charge in [0.1, 0.15) is 0 Å². The molecule has 0 aliphatic carbocycles. The zero-order valence-electron chi connectivity index (χ0n) is 12.4. The number of nitrogens with one attached hydrogen (secondary N) is 1. The Hall–Kier alpha value is -1.81. The molecule has 21 heavy (non-hydrogen) atoms. The quantitative estimate of drug-likeness (QED) is 0.905. The van der Waals surface area contributed by atoms with Crippen molar-refractivity contribution >= 4 is 16.8 Å². The van der Waals surface area contributed by atoms with E-state index in [1.54, 1.807) is 0 Å². The van der Waals surface area contributed by atoms with E-state index in [4.69, 9.17) is 5.11 Å². The minimum atomic E-state index is 0.186. The summed E-state index contributed by atoms with van der Waals surface area (Å²) in [6.07, 6.45) is 4.24. The molecule has 4 nitrogen and oxygen atoms in total. The second-order valence-electron chi connectivity index (χ2n) is 6.04. The van der Waals surface area contributed by atoms with E-state index in [1.165, 1.54) is 16.5 Å². The number of aliphatic hydroxyl groups is 1. The first kappa shape index (κ1) is 14.1. The van der Waals surface area contributed by atoms with Crippen LogP contribution in [-0.2, 0) is 11.2 Å². The van der Waals surface area contributed by atoms with Crippen molar-refractivity contribution in [3.05, 3.63) is 35.5 Å². The summed E-state index contributed by atoms with van der Waals surface area (Å²) in [6, 6.07) is 6.35. The lowest BCUT2D eigenvalue weighted by molar-refractivity contribution is -0.130. The van der Waals surface area contributed by atoms with E-state index in [9.17, 15) is 4.79 Å². The van der Waals surface area contributed by atoms with Gasteiger partial charge in [-0.25, -0.2) is 0 Å². The van der Waals surface area contributed by atoms with Crippen molar-refractivity contribution in [1.82, 2.24) is 9.88 Å². The van der Waals surface area contributed by atoms with Crippen molar-refractivity contribution in [2.24, 2.45) is 5.92 Å². The largest absolute Gasteiger partial charge is 0.396 e. The number of nitrogens with zero attached hydrogens (tertiary/aromatic N) is 1. The molecule has 4 heteroatoms. The topological polar surface area (TPSA) is 56.3 Å². The molecule has 1 aromatic heterocycles. The second-order valence-corrected chi connectivity index (χ2v) is 6.04. The van der Waals surface area contributed by atoms with Gasteiger partial charge in [0.05, 0.1) is 0 Å². The predicted molar refractivity (Wildman–Crippen MR) is 83.1 cm³/mol. The van der Waals surface area contributed by atoms with E-state index in [0.717, 1.165) is 24.9 Å². The normalized spacial score (nSPS) is 18.6. The number of fused-ring (bicyclic) bond motifs is 1. The number of benzene rings is 1. The highest BCUT2D eigenvalue weighted by Gasteiger charge is 2.25. The number of aliphatic hydroxyl groups excluding tert-OH is 1. The fraction of sp³-hybridized carbons (Fsp3) is 0.471. The van der Waals surface area contributed by atoms with E-state index in [1.807, 2.05) is 11.1 Å². The summed E-state index contributed by atoms with van der Waals surface area (Å²) >= 11 is 0. The van der Waals surface area contributed by atoms with Crippen LogP contribution in [0, 0.1) is 12.8 Å². The molecule has 1 fully saturated rings. The first-order chi connectivity index (χ1) is 10.2. The molecule has 1 aromatic carbocycles. The monoisotopic (exact) mass is 286 g/mol. The molecule has 3 rings (SSSR count). The molecule has 1 unspecified atom stereocenters. The van der Waals surface area contributed by atoms with Crippen molar-refractivity contribution in [3.63, 3.8) is 0 Å². The van der Waals surface area contributed by atoms with Gasteiger partial charge in [0.2, 0.25) is 5.91 Å². The highest BCUT2D eigenvalue weighted by atomic mass is 16.3.